The van der Waals surface area contributed by atoms with E-state index in [2.05, 4.69) is 42.4 Å². The predicted octanol–water partition coefficient (Wildman–Crippen LogP) is -11.0. The van der Waals surface area contributed by atoms with Crippen LogP contribution in [-0.2, 0) is 56.8 Å². The predicted molar refractivity (Wildman–Crippen MR) is 401 cm³/mol. The molecular weight excluding hydrogens is 1560 g/mol. The highest BCUT2D eigenvalue weighted by Crippen LogP contribution is 2.34. The largest absolute Gasteiger partial charge is 0.737 e. The van der Waals surface area contributed by atoms with Crippen molar-refractivity contribution in [3.63, 3.8) is 0 Å². The van der Waals surface area contributed by atoms with Gasteiger partial charge in [0.25, 0.3) is 0 Å². The van der Waals surface area contributed by atoms with Crippen molar-refractivity contribution in [2.75, 3.05) is 166 Å². The van der Waals surface area contributed by atoms with Gasteiger partial charge in [0, 0.05) is 49.3 Å². The molecule has 3 unspecified atom stereocenters. The van der Waals surface area contributed by atoms with Crippen LogP contribution in [0.25, 0.3) is 0 Å². The monoisotopic (exact) mass is 1690 g/mol. The van der Waals surface area contributed by atoms with E-state index >= 15 is 0 Å². The van der Waals surface area contributed by atoms with Gasteiger partial charge in [0.15, 0.2) is 18.9 Å². The van der Waals surface area contributed by atoms with E-state index in [0.29, 0.717) is 84.5 Å². The van der Waals surface area contributed by atoms with Gasteiger partial charge in [0.2, 0.25) is 0 Å². The number of aliphatic hydroxyl groups is 15. The number of rotatable bonds is 50. The summed E-state index contributed by atoms with van der Waals surface area (Å²) in [5, 5.41) is 249. The first-order valence-electron chi connectivity index (χ1n) is 39.4. The zero-order chi connectivity index (χ0) is 86.1. The summed E-state index contributed by atoms with van der Waals surface area (Å²) < 4.78 is 67.1. The first-order valence-corrected chi connectivity index (χ1v) is 39.4. The maximum absolute atomic E-state index is 12.2. The quantitative estimate of drug-likeness (QED) is 0.0116. The average Bonchev–Trinajstić information content (AvgIpc) is 0.794. The molecule has 6 rings (SSSR count). The molecule has 50 nitrogen and oxygen atoms in total. The lowest BCUT2D eigenvalue weighted by Gasteiger charge is -2.46. The van der Waals surface area contributed by atoms with Gasteiger partial charge in [-0.1, -0.05) is 0 Å². The second kappa shape index (κ2) is 56.3. The molecule has 0 amide bonds. The molecule has 6 heterocycles. The zero-order valence-electron chi connectivity index (χ0n) is 66.8. The SMILES string of the molecule is CO[C@H]1[C@H](O)[C@@H](O)[C@@H](OC2[C@@H](CO)O[C@H](C)[C@H](O)[C@H]2O)O[C@@H]1CN(CCCNCCCNCCCN)/[N+]([O-])=N/[O-].CO[C@H]1[C@H](O)[C@@H](O)[C@@H](OC2[C@@H](CO)O[C@H](C)[C@H](O)[C@H]2O)O[C@@H]1CNCCCN(CCCN)/[N+]([O-])=N/[O-].CO[C@H]1[C@H](O)[C@@H](O)[C@@H](OC2[C@@H](CO)O[C@H](C)[C@H](O)[C@H]2O)O[C@@H]1CNCCCN(CCCNCCCN)/[N+]([O-])=N/[O-]. The fourth-order valence-electron chi connectivity index (χ4n) is 13.8. The summed E-state index contributed by atoms with van der Waals surface area (Å²) in [7, 11) is 3.98. The summed E-state index contributed by atoms with van der Waals surface area (Å²) in [5.74, 6) is 0. The second-order valence-corrected chi connectivity index (χ2v) is 28.8. The van der Waals surface area contributed by atoms with Gasteiger partial charge in [0.1, 0.15) is 153 Å². The molecule has 26 N–H and O–H groups in total. The van der Waals surface area contributed by atoms with Gasteiger partial charge in [-0.2, -0.15) is 0 Å². The molecule has 0 saturated carbocycles. The van der Waals surface area contributed by atoms with Crippen LogP contribution in [0.4, 0.5) is 0 Å². The number of hydrogen-bond donors (Lipinski definition) is 23. The summed E-state index contributed by atoms with van der Waals surface area (Å²) in [6.45, 7) is 11.2. The minimum atomic E-state index is -1.65. The molecule has 0 aromatic rings. The molecule has 6 aliphatic heterocycles. The minimum absolute atomic E-state index is 0.0126. The molecule has 30 atom stereocenters. The molecule has 116 heavy (non-hydrogen) atoms. The molecule has 0 spiro atoms. The van der Waals surface area contributed by atoms with Crippen molar-refractivity contribution in [2.45, 2.75) is 256 Å². The fraction of sp³-hybridized carbons (Fsp3) is 1.00. The van der Waals surface area contributed by atoms with Gasteiger partial charge in [0.05, 0.1) is 70.9 Å². The van der Waals surface area contributed by atoms with Crippen molar-refractivity contribution < 1.29 is 148 Å². The van der Waals surface area contributed by atoms with E-state index in [9.17, 15) is 108 Å². The Balaban J connectivity index is 0.000000367. The van der Waals surface area contributed by atoms with E-state index in [4.69, 9.17) is 74.0 Å². The number of nitrogens with one attached hydrogen (secondary N) is 5. The van der Waals surface area contributed by atoms with Crippen LogP contribution in [0.15, 0.2) is 15.8 Å². The van der Waals surface area contributed by atoms with Crippen molar-refractivity contribution >= 4 is 0 Å². The van der Waals surface area contributed by atoms with E-state index in [0.717, 1.165) is 50.5 Å². The van der Waals surface area contributed by atoms with Gasteiger partial charge in [-0.15, -0.1) is 15.0 Å². The van der Waals surface area contributed by atoms with Crippen LogP contribution in [0.1, 0.15) is 72.1 Å². The molecule has 684 valence electrons. The first-order chi connectivity index (χ1) is 55.6. The van der Waals surface area contributed by atoms with Crippen LogP contribution in [0.2, 0.25) is 0 Å². The van der Waals surface area contributed by atoms with Crippen molar-refractivity contribution in [3.8, 4) is 0 Å². The molecule has 6 aliphatic rings. The number of hydrazine groups is 3. The van der Waals surface area contributed by atoms with Crippen LogP contribution >= 0.6 is 0 Å². The van der Waals surface area contributed by atoms with Gasteiger partial charge < -0.3 is 208 Å². The summed E-state index contributed by atoms with van der Waals surface area (Å²) in [4.78, 5) is -0.101. The Labute approximate surface area is 673 Å². The number of nitrogens with two attached hydrogens (primary N) is 3. The highest BCUT2D eigenvalue weighted by atomic mass is 16.7. The van der Waals surface area contributed by atoms with E-state index in [1.165, 1.54) is 45.2 Å². The van der Waals surface area contributed by atoms with E-state index in [1.807, 2.05) is 0 Å². The molecule has 0 aromatic heterocycles. The van der Waals surface area contributed by atoms with Gasteiger partial charge in [-0.25, -0.2) is 0 Å². The van der Waals surface area contributed by atoms with Crippen molar-refractivity contribution in [1.29, 1.82) is 0 Å². The van der Waals surface area contributed by atoms with Crippen molar-refractivity contribution in [3.05, 3.63) is 31.2 Å². The Bertz CT molecular complexity index is 2660. The lowest BCUT2D eigenvalue weighted by atomic mass is 9.94. The highest BCUT2D eigenvalue weighted by molar-refractivity contribution is 4.99. The number of ether oxygens (including phenoxy) is 12. The van der Waals surface area contributed by atoms with Crippen LogP contribution < -0.4 is 43.8 Å². The maximum atomic E-state index is 12.2. The molecule has 0 bridgehead atoms. The Morgan fingerprint density at radius 2 is 0.586 bits per heavy atom. The fourth-order valence-corrected chi connectivity index (χ4v) is 13.8. The lowest BCUT2D eigenvalue weighted by molar-refractivity contribution is -0.692. The minimum Gasteiger partial charge on any atom is -0.737 e. The van der Waals surface area contributed by atoms with Crippen LogP contribution in [0, 0.1) is 31.2 Å². The Kier molecular flexibility index (Phi) is 50.5. The third-order valence-electron chi connectivity index (χ3n) is 20.5. The number of aliphatic hydroxyl groups excluding tert-OH is 15. The lowest BCUT2D eigenvalue weighted by Crippen LogP contribution is -2.65. The Morgan fingerprint density at radius 1 is 0.328 bits per heavy atom. The summed E-state index contributed by atoms with van der Waals surface area (Å²) in [5.41, 5.74) is 16.3. The van der Waals surface area contributed by atoms with E-state index < -0.39 is 203 Å². The second-order valence-electron chi connectivity index (χ2n) is 28.8. The van der Waals surface area contributed by atoms with Crippen LogP contribution in [0.5, 0.6) is 0 Å². The van der Waals surface area contributed by atoms with E-state index in [-0.39, 0.29) is 60.7 Å². The Morgan fingerprint density at radius 3 is 0.888 bits per heavy atom. The Hall–Kier alpha value is -4.40. The van der Waals surface area contributed by atoms with Crippen molar-refractivity contribution in [1.82, 2.24) is 41.6 Å². The number of methoxy groups -OCH3 is 3. The standard InChI is InChI=1S/2C23H48N6O11.C20H41N5O11/c1-14-17(31)18(32)22(16(13-30)38-14)40-23-20(34)19(33)21(37-2)15(39-23)12-26-9-5-11-28(29(36)27-35)10-4-8-25-7-3-6-24;1-14-17(31)18(32)22(16(13-30)38-14)40-23-20(34)19(33)21(37-2)15(39-23)12-28(29(36)27-35)11-5-10-26-9-4-8-25-7-3-6-24;1-11-14(27)15(28)19(13(10-26)34-11)36-20-17(30)16(29)18(33-2)12(35-20)9-22-6-4-8-24(7-3-5-21)25(32)23-31/h2*14-23,25-26,30-35H,3-13,24H2,1-2H3;11-20,22,26-31H,3-10,21H2,1-2H3/p-3/b2*29-27-;25-23-/t2*14-,15-,16-,17+,18-,19-,20-,21-,22?,23-;11-,12-,13-,14+,15-,16-,17-,18-,19?,20-/m111/s1. The van der Waals surface area contributed by atoms with Gasteiger partial charge in [-0.05, 0) is 160 Å². The zero-order valence-corrected chi connectivity index (χ0v) is 66.8. The molecule has 6 saturated heterocycles. The normalized spacial score (nSPS) is 35.9. The molecule has 0 aromatic carbocycles. The number of hydrogen-bond acceptors (Lipinski definition) is 44. The smallest absolute Gasteiger partial charge is 0.187 e. The molecule has 0 aliphatic carbocycles. The molecule has 6 fully saturated rings. The summed E-state index contributed by atoms with van der Waals surface area (Å²) in [6, 6.07) is 0. The van der Waals surface area contributed by atoms with Crippen LogP contribution in [0.3, 0.4) is 0 Å². The summed E-state index contributed by atoms with van der Waals surface area (Å²) >= 11 is 0. The molecule has 0 radical (unpaired) electrons. The molecular formula is C66H134N17O33-3. The van der Waals surface area contributed by atoms with Crippen LogP contribution in [-0.4, -0.2) is 456 Å². The van der Waals surface area contributed by atoms with Gasteiger partial charge >= 0.3 is 0 Å². The topological polar surface area (TPSA) is 747 Å². The summed E-state index contributed by atoms with van der Waals surface area (Å²) in [6.07, 6.45) is -31.3. The van der Waals surface area contributed by atoms with Gasteiger partial charge in [-0.3, -0.25) is 0 Å². The number of nitrogens with zero attached hydrogens (tertiary/aromatic N) is 9. The highest BCUT2D eigenvalue weighted by Gasteiger charge is 2.54. The third-order valence-corrected chi connectivity index (χ3v) is 20.5. The third kappa shape index (κ3) is 31.8. The maximum Gasteiger partial charge on any atom is 0.187 e. The van der Waals surface area contributed by atoms with Crippen molar-refractivity contribution in [2.24, 2.45) is 33.0 Å². The van der Waals surface area contributed by atoms with E-state index in [1.54, 1.807) is 6.92 Å². The average molecular weight is 1690 g/mol. The molecule has 50 heteroatoms. The first kappa shape index (κ1) is 104.